The molecule has 0 radical (unpaired) electrons. The number of ether oxygens (including phenoxy) is 1. The van der Waals surface area contributed by atoms with Crippen molar-refractivity contribution in [3.8, 4) is 0 Å². The molecule has 0 unspecified atom stereocenters. The zero-order valence-corrected chi connectivity index (χ0v) is 20.2. The number of nitrogens with zero attached hydrogens (tertiary/aromatic N) is 3. The third kappa shape index (κ3) is 4.57. The lowest BCUT2D eigenvalue weighted by Crippen LogP contribution is -2.43. The Bertz CT molecular complexity index is 1000. The van der Waals surface area contributed by atoms with Crippen molar-refractivity contribution in [3.63, 3.8) is 0 Å². The Morgan fingerprint density at radius 3 is 2.34 bits per heavy atom. The summed E-state index contributed by atoms with van der Waals surface area (Å²) in [5.74, 6) is -1.32. The largest absolute Gasteiger partial charge is 0.379 e. The van der Waals surface area contributed by atoms with Crippen molar-refractivity contribution in [1.29, 1.82) is 0 Å². The molecular weight excluding hydrogens is 454 g/mol. The van der Waals surface area contributed by atoms with Crippen molar-refractivity contribution in [2.45, 2.75) is 26.4 Å². The normalized spacial score (nSPS) is 23.9. The smallest absolute Gasteiger partial charge is 0.254 e. The molecule has 10 heteroatoms. The van der Waals surface area contributed by atoms with Gasteiger partial charge in [0.05, 0.1) is 37.1 Å². The van der Waals surface area contributed by atoms with Crippen molar-refractivity contribution in [3.05, 3.63) is 47.2 Å². The first-order valence-corrected chi connectivity index (χ1v) is 12.5. The van der Waals surface area contributed by atoms with Gasteiger partial charge in [-0.2, -0.15) is 0 Å². The average Bonchev–Trinajstić information content (AvgIpc) is 3.24. The van der Waals surface area contributed by atoms with Crippen LogP contribution in [0.3, 0.4) is 0 Å². The van der Waals surface area contributed by atoms with Crippen LogP contribution in [0.15, 0.2) is 36.0 Å². The number of carbonyl (C=O) groups is 2. The van der Waals surface area contributed by atoms with Gasteiger partial charge in [-0.05, 0) is 29.7 Å². The summed E-state index contributed by atoms with van der Waals surface area (Å²) in [5, 5.41) is 0. The van der Waals surface area contributed by atoms with E-state index in [1.807, 2.05) is 38.1 Å². The summed E-state index contributed by atoms with van der Waals surface area (Å²) in [6, 6.07) is 6.98. The lowest BCUT2D eigenvalue weighted by atomic mass is 9.89. The number of morpholine rings is 1. The molecule has 0 saturated carbocycles. The van der Waals surface area contributed by atoms with Crippen molar-refractivity contribution >= 4 is 34.2 Å². The van der Waals surface area contributed by atoms with E-state index in [1.54, 1.807) is 11.0 Å². The molecule has 1 aromatic carbocycles. The number of halogens is 1. The molecule has 3 aliphatic heterocycles. The summed E-state index contributed by atoms with van der Waals surface area (Å²) >= 11 is 0. The molecule has 1 aromatic rings. The fourth-order valence-electron chi connectivity index (χ4n) is 4.71. The van der Waals surface area contributed by atoms with Crippen LogP contribution < -0.4 is 0 Å². The van der Waals surface area contributed by atoms with Crippen molar-refractivity contribution in [2.24, 2.45) is 11.8 Å². The first kappa shape index (κ1) is 24.7. The third-order valence-electron chi connectivity index (χ3n) is 6.22. The van der Waals surface area contributed by atoms with E-state index in [0.717, 1.165) is 49.0 Å². The highest BCUT2D eigenvalue weighted by Gasteiger charge is 2.54. The number of carbonyl (C=O) groups excluding carboxylic acids is 2. The number of fused-ring (bicyclic) bond motifs is 1. The van der Waals surface area contributed by atoms with Crippen molar-refractivity contribution in [1.82, 2.24) is 14.1 Å². The van der Waals surface area contributed by atoms with Crippen molar-refractivity contribution < 1.29 is 22.7 Å². The van der Waals surface area contributed by atoms with E-state index < -0.39 is 27.9 Å². The number of hydrogen-bond donors (Lipinski definition) is 0. The summed E-state index contributed by atoms with van der Waals surface area (Å²) in [7, 11) is -3.74. The average molecular weight is 484 g/mol. The molecule has 176 valence electrons. The molecule has 0 spiro atoms. The Kier molecular flexibility index (Phi) is 7.34. The van der Waals surface area contributed by atoms with Gasteiger partial charge in [-0.15, -0.1) is 12.4 Å². The highest BCUT2D eigenvalue weighted by molar-refractivity contribution is 7.89. The molecule has 0 N–H and O–H groups in total. The van der Waals surface area contributed by atoms with E-state index in [4.69, 9.17) is 4.74 Å². The molecule has 8 nitrogen and oxygen atoms in total. The Morgan fingerprint density at radius 2 is 1.78 bits per heavy atom. The summed E-state index contributed by atoms with van der Waals surface area (Å²) in [5.41, 5.74) is 2.06. The van der Waals surface area contributed by atoms with Gasteiger partial charge in [-0.25, -0.2) is 12.7 Å². The molecule has 2 amide bonds. The number of amides is 2. The fourth-order valence-corrected chi connectivity index (χ4v) is 5.73. The predicted octanol–water partition coefficient (Wildman–Crippen LogP) is 1.72. The molecule has 0 aromatic heterocycles. The Labute approximate surface area is 195 Å². The van der Waals surface area contributed by atoms with Crippen LogP contribution in [0.2, 0.25) is 0 Å². The van der Waals surface area contributed by atoms with E-state index in [-0.39, 0.29) is 30.8 Å². The molecule has 2 atom stereocenters. The van der Waals surface area contributed by atoms with E-state index in [0.29, 0.717) is 11.3 Å². The molecule has 4 rings (SSSR count). The minimum absolute atomic E-state index is 0. The van der Waals surface area contributed by atoms with E-state index in [9.17, 15) is 18.0 Å². The molecule has 3 aliphatic rings. The predicted molar refractivity (Wildman–Crippen MR) is 123 cm³/mol. The molecule has 0 bridgehead atoms. The van der Waals surface area contributed by atoms with Gasteiger partial charge in [0.15, 0.2) is 0 Å². The summed E-state index contributed by atoms with van der Waals surface area (Å²) < 4.78 is 30.8. The minimum atomic E-state index is -3.74. The van der Waals surface area contributed by atoms with Gasteiger partial charge in [-0.3, -0.25) is 14.5 Å². The lowest BCUT2D eigenvalue weighted by molar-refractivity contribution is -0.128. The second-order valence-electron chi connectivity index (χ2n) is 8.75. The van der Waals surface area contributed by atoms with Crippen LogP contribution in [0.5, 0.6) is 0 Å². The number of sulfonamides is 1. The van der Waals surface area contributed by atoms with Crippen LogP contribution in [0.4, 0.5) is 0 Å². The summed E-state index contributed by atoms with van der Waals surface area (Å²) in [6.45, 7) is 8.13. The van der Waals surface area contributed by atoms with E-state index >= 15 is 0 Å². The van der Waals surface area contributed by atoms with Gasteiger partial charge < -0.3 is 9.64 Å². The summed E-state index contributed by atoms with van der Waals surface area (Å²) in [6.07, 6.45) is 2.72. The maximum Gasteiger partial charge on any atom is 0.254 e. The first-order valence-electron chi connectivity index (χ1n) is 10.6. The highest BCUT2D eigenvalue weighted by Crippen LogP contribution is 2.41. The van der Waals surface area contributed by atoms with Gasteiger partial charge in [-0.1, -0.05) is 26.0 Å². The first-order chi connectivity index (χ1) is 14.7. The quantitative estimate of drug-likeness (QED) is 0.633. The van der Waals surface area contributed by atoms with Gasteiger partial charge in [0.25, 0.3) is 5.91 Å². The number of rotatable bonds is 5. The molecule has 2 fully saturated rings. The van der Waals surface area contributed by atoms with Gasteiger partial charge >= 0.3 is 0 Å². The van der Waals surface area contributed by atoms with Crippen LogP contribution >= 0.6 is 12.4 Å². The fraction of sp³-hybridized carbons (Fsp3) is 0.545. The SMILES string of the molecule is CC(C)[C@H]1C(=O)N(S(C)(=O)=O)C2=CCN(C(=O)c3ccc(CN4CCOCC4)cc3)[C@@H]21.Cl. The molecule has 3 heterocycles. The second-order valence-corrected chi connectivity index (χ2v) is 10.6. The third-order valence-corrected chi connectivity index (χ3v) is 7.27. The monoisotopic (exact) mass is 483 g/mol. The molecule has 2 saturated heterocycles. The minimum Gasteiger partial charge on any atom is -0.379 e. The van der Waals surface area contributed by atoms with Gasteiger partial charge in [0, 0.05) is 31.7 Å². The Hall–Kier alpha value is -1.94. The van der Waals surface area contributed by atoms with Crippen LogP contribution in [-0.2, 0) is 26.1 Å². The van der Waals surface area contributed by atoms with Crippen LogP contribution in [-0.4, -0.2) is 79.5 Å². The van der Waals surface area contributed by atoms with Crippen LogP contribution in [0, 0.1) is 11.8 Å². The standard InChI is InChI=1S/C22H29N3O5S.ClH/c1-15(2)19-20-18(25(22(19)27)31(3,28)29)8-9-24(20)21(26)17-6-4-16(5-7-17)14-23-10-12-30-13-11-23;/h4-8,15,19-20H,9-14H2,1-3H3;1H/t19-,20+;/m1./s1. The zero-order chi connectivity index (χ0) is 22.3. The van der Waals surface area contributed by atoms with E-state index in [1.165, 1.54) is 0 Å². The Morgan fingerprint density at radius 1 is 1.16 bits per heavy atom. The van der Waals surface area contributed by atoms with Gasteiger partial charge in [0.1, 0.15) is 0 Å². The van der Waals surface area contributed by atoms with Crippen molar-refractivity contribution in [2.75, 3.05) is 39.1 Å². The molecule has 0 aliphatic carbocycles. The maximum absolute atomic E-state index is 13.3. The zero-order valence-electron chi connectivity index (χ0n) is 18.6. The second kappa shape index (κ2) is 9.51. The summed E-state index contributed by atoms with van der Waals surface area (Å²) in [4.78, 5) is 30.1. The molecule has 32 heavy (non-hydrogen) atoms. The van der Waals surface area contributed by atoms with Crippen LogP contribution in [0.1, 0.15) is 29.8 Å². The van der Waals surface area contributed by atoms with E-state index in [2.05, 4.69) is 4.90 Å². The number of hydrogen-bond acceptors (Lipinski definition) is 6. The topological polar surface area (TPSA) is 87.2 Å². The molecular formula is C22H30ClN3O5S. The lowest BCUT2D eigenvalue weighted by Gasteiger charge is -2.29. The Balaban J connectivity index is 0.00000289. The highest BCUT2D eigenvalue weighted by atomic mass is 35.5. The van der Waals surface area contributed by atoms with Crippen LogP contribution in [0.25, 0.3) is 0 Å². The number of benzene rings is 1. The van der Waals surface area contributed by atoms with Gasteiger partial charge in [0.2, 0.25) is 15.9 Å². The maximum atomic E-state index is 13.3.